The Morgan fingerprint density at radius 1 is 1.07 bits per heavy atom. The standard InChI is InChI=1S/C22H20ClN3O/c23-18-7-5-16(6-8-18)11-13-24-22(27)20-10-9-19(15-25-20)26-14-12-17-3-1-2-4-21(17)26/h1-10,15H,11-14H2,(H,24,27). The third kappa shape index (κ3) is 3.96. The number of benzene rings is 2. The minimum absolute atomic E-state index is 0.155. The van der Waals surface area contributed by atoms with Crippen molar-refractivity contribution in [1.82, 2.24) is 10.3 Å². The van der Waals surface area contributed by atoms with E-state index in [-0.39, 0.29) is 5.91 Å². The van der Waals surface area contributed by atoms with Gasteiger partial charge in [0.05, 0.1) is 11.9 Å². The molecule has 2 aromatic carbocycles. The first-order valence-corrected chi connectivity index (χ1v) is 9.43. The molecule has 0 spiro atoms. The lowest BCUT2D eigenvalue weighted by molar-refractivity contribution is 0.0949. The van der Waals surface area contributed by atoms with Crippen LogP contribution < -0.4 is 10.2 Å². The second-order valence-electron chi connectivity index (χ2n) is 6.56. The van der Waals surface area contributed by atoms with Gasteiger partial charge in [-0.15, -0.1) is 0 Å². The van der Waals surface area contributed by atoms with Crippen LogP contribution in [0.2, 0.25) is 5.02 Å². The molecule has 27 heavy (non-hydrogen) atoms. The lowest BCUT2D eigenvalue weighted by atomic mass is 10.1. The van der Waals surface area contributed by atoms with Crippen LogP contribution in [-0.4, -0.2) is 24.0 Å². The molecule has 1 amide bonds. The Kier molecular flexibility index (Phi) is 5.07. The van der Waals surface area contributed by atoms with Gasteiger partial charge < -0.3 is 10.2 Å². The first-order chi connectivity index (χ1) is 13.2. The molecule has 0 saturated carbocycles. The summed E-state index contributed by atoms with van der Waals surface area (Å²) in [6.07, 6.45) is 3.56. The smallest absolute Gasteiger partial charge is 0.269 e. The maximum Gasteiger partial charge on any atom is 0.269 e. The van der Waals surface area contributed by atoms with Gasteiger partial charge in [0.25, 0.3) is 5.91 Å². The van der Waals surface area contributed by atoms with Gasteiger partial charge in [0.1, 0.15) is 5.69 Å². The second-order valence-corrected chi connectivity index (χ2v) is 7.00. The zero-order chi connectivity index (χ0) is 18.6. The Balaban J connectivity index is 1.36. The number of halogens is 1. The normalized spacial score (nSPS) is 12.7. The van der Waals surface area contributed by atoms with E-state index in [4.69, 9.17) is 11.6 Å². The predicted octanol–water partition coefficient (Wildman–Crippen LogP) is 4.40. The van der Waals surface area contributed by atoms with Gasteiger partial charge in [0.2, 0.25) is 0 Å². The molecule has 5 heteroatoms. The summed E-state index contributed by atoms with van der Waals surface area (Å²) in [6, 6.07) is 19.8. The quantitative estimate of drug-likeness (QED) is 0.716. The van der Waals surface area contributed by atoms with Gasteiger partial charge in [-0.05, 0) is 54.3 Å². The number of fused-ring (bicyclic) bond motifs is 1. The van der Waals surface area contributed by atoms with Gasteiger partial charge in [-0.2, -0.15) is 0 Å². The summed E-state index contributed by atoms with van der Waals surface area (Å²) in [5, 5.41) is 3.63. The number of carbonyl (C=O) groups excluding carboxylic acids is 1. The van der Waals surface area contributed by atoms with Crippen LogP contribution in [0.15, 0.2) is 66.9 Å². The first-order valence-electron chi connectivity index (χ1n) is 9.05. The number of nitrogens with zero attached hydrogens (tertiary/aromatic N) is 2. The van der Waals surface area contributed by atoms with Crippen LogP contribution >= 0.6 is 11.6 Å². The zero-order valence-electron chi connectivity index (χ0n) is 14.9. The molecule has 1 aliphatic rings. The fourth-order valence-electron chi connectivity index (χ4n) is 3.35. The average molecular weight is 378 g/mol. The van der Waals surface area contributed by atoms with Crippen molar-refractivity contribution in [3.8, 4) is 0 Å². The van der Waals surface area contributed by atoms with Gasteiger partial charge in [0, 0.05) is 23.8 Å². The van der Waals surface area contributed by atoms with Crippen molar-refractivity contribution in [3.05, 3.63) is 88.7 Å². The highest BCUT2D eigenvalue weighted by atomic mass is 35.5. The van der Waals surface area contributed by atoms with Crippen LogP contribution in [0, 0.1) is 0 Å². The van der Waals surface area contributed by atoms with Crippen LogP contribution in [0.25, 0.3) is 0 Å². The Morgan fingerprint density at radius 2 is 1.89 bits per heavy atom. The second kappa shape index (κ2) is 7.80. The minimum atomic E-state index is -0.155. The molecular weight excluding hydrogens is 358 g/mol. The van der Waals surface area contributed by atoms with E-state index in [0.717, 1.165) is 30.6 Å². The van der Waals surface area contributed by atoms with E-state index in [1.807, 2.05) is 36.4 Å². The van der Waals surface area contributed by atoms with Gasteiger partial charge in [-0.25, -0.2) is 4.98 Å². The molecule has 0 atom stereocenters. The van der Waals surface area contributed by atoms with Crippen molar-refractivity contribution in [1.29, 1.82) is 0 Å². The summed E-state index contributed by atoms with van der Waals surface area (Å²) in [5.74, 6) is -0.155. The van der Waals surface area contributed by atoms with Crippen molar-refractivity contribution in [2.45, 2.75) is 12.8 Å². The highest BCUT2D eigenvalue weighted by Crippen LogP contribution is 2.33. The van der Waals surface area contributed by atoms with Gasteiger partial charge in [-0.3, -0.25) is 4.79 Å². The SMILES string of the molecule is O=C(NCCc1ccc(Cl)cc1)c1ccc(N2CCc3ccccc32)cn1. The summed E-state index contributed by atoms with van der Waals surface area (Å²) in [4.78, 5) is 18.9. The molecule has 0 bridgehead atoms. The Bertz CT molecular complexity index is 939. The molecule has 1 N–H and O–H groups in total. The number of para-hydroxylation sites is 1. The maximum absolute atomic E-state index is 12.3. The molecule has 4 nitrogen and oxygen atoms in total. The van der Waals surface area contributed by atoms with E-state index in [9.17, 15) is 4.79 Å². The van der Waals surface area contributed by atoms with Crippen LogP contribution in [0.1, 0.15) is 21.6 Å². The Hall–Kier alpha value is -2.85. The highest BCUT2D eigenvalue weighted by Gasteiger charge is 2.20. The van der Waals surface area contributed by atoms with E-state index in [0.29, 0.717) is 17.3 Å². The van der Waals surface area contributed by atoms with Crippen LogP contribution in [-0.2, 0) is 12.8 Å². The lowest BCUT2D eigenvalue weighted by Crippen LogP contribution is -2.26. The number of anilines is 2. The third-order valence-corrected chi connectivity index (χ3v) is 5.04. The third-order valence-electron chi connectivity index (χ3n) is 4.79. The number of amides is 1. The number of aromatic nitrogens is 1. The molecule has 136 valence electrons. The minimum Gasteiger partial charge on any atom is -0.350 e. The number of pyridine rings is 1. The van der Waals surface area contributed by atoms with Crippen molar-refractivity contribution in [2.75, 3.05) is 18.0 Å². The van der Waals surface area contributed by atoms with E-state index in [2.05, 4.69) is 33.4 Å². The summed E-state index contributed by atoms with van der Waals surface area (Å²) in [6.45, 7) is 1.50. The zero-order valence-corrected chi connectivity index (χ0v) is 15.6. The first kappa shape index (κ1) is 17.6. The van der Waals surface area contributed by atoms with E-state index in [1.165, 1.54) is 11.3 Å². The van der Waals surface area contributed by atoms with Crippen molar-refractivity contribution in [2.24, 2.45) is 0 Å². The lowest BCUT2D eigenvalue weighted by Gasteiger charge is -2.19. The van der Waals surface area contributed by atoms with Crippen LogP contribution in [0.4, 0.5) is 11.4 Å². The van der Waals surface area contributed by atoms with Crippen molar-refractivity contribution < 1.29 is 4.79 Å². The Morgan fingerprint density at radius 3 is 2.67 bits per heavy atom. The number of rotatable bonds is 5. The number of carbonyl (C=O) groups is 1. The molecule has 0 aliphatic carbocycles. The summed E-state index contributed by atoms with van der Waals surface area (Å²) >= 11 is 5.88. The summed E-state index contributed by atoms with van der Waals surface area (Å²) < 4.78 is 0. The molecule has 4 rings (SSSR count). The van der Waals surface area contributed by atoms with Gasteiger partial charge in [0.15, 0.2) is 0 Å². The number of hydrogen-bond donors (Lipinski definition) is 1. The highest BCUT2D eigenvalue weighted by molar-refractivity contribution is 6.30. The molecule has 1 aliphatic heterocycles. The molecular formula is C22H20ClN3O. The van der Waals surface area contributed by atoms with Crippen molar-refractivity contribution in [3.63, 3.8) is 0 Å². The molecule has 0 radical (unpaired) electrons. The molecule has 0 fully saturated rings. The van der Waals surface area contributed by atoms with Crippen molar-refractivity contribution >= 4 is 28.9 Å². The largest absolute Gasteiger partial charge is 0.350 e. The van der Waals surface area contributed by atoms with Crippen LogP contribution in [0.3, 0.4) is 0 Å². The topological polar surface area (TPSA) is 45.2 Å². The fourth-order valence-corrected chi connectivity index (χ4v) is 3.47. The molecule has 3 aromatic rings. The van der Waals surface area contributed by atoms with E-state index < -0.39 is 0 Å². The number of nitrogens with one attached hydrogen (secondary N) is 1. The maximum atomic E-state index is 12.3. The average Bonchev–Trinajstić information content (AvgIpc) is 3.14. The number of hydrogen-bond acceptors (Lipinski definition) is 3. The molecule has 0 unspecified atom stereocenters. The van der Waals surface area contributed by atoms with Gasteiger partial charge in [-0.1, -0.05) is 41.9 Å². The van der Waals surface area contributed by atoms with E-state index >= 15 is 0 Å². The van der Waals surface area contributed by atoms with E-state index in [1.54, 1.807) is 12.3 Å². The fraction of sp³-hybridized carbons (Fsp3) is 0.182. The van der Waals surface area contributed by atoms with Crippen LogP contribution in [0.5, 0.6) is 0 Å². The van der Waals surface area contributed by atoms with Gasteiger partial charge >= 0.3 is 0 Å². The molecule has 2 heterocycles. The predicted molar refractivity (Wildman–Crippen MR) is 109 cm³/mol. The Labute approximate surface area is 163 Å². The summed E-state index contributed by atoms with van der Waals surface area (Å²) in [7, 11) is 0. The molecule has 1 aromatic heterocycles. The molecule has 0 saturated heterocycles. The monoisotopic (exact) mass is 377 g/mol. The summed E-state index contributed by atoms with van der Waals surface area (Å²) in [5.41, 5.74) is 5.15.